The van der Waals surface area contributed by atoms with Crippen molar-refractivity contribution in [3.8, 4) is 11.6 Å². The van der Waals surface area contributed by atoms with Crippen molar-refractivity contribution >= 4 is 22.6 Å². The van der Waals surface area contributed by atoms with Crippen molar-refractivity contribution in [1.82, 2.24) is 9.97 Å². The fourth-order valence-corrected chi connectivity index (χ4v) is 2.61. The van der Waals surface area contributed by atoms with Gasteiger partial charge in [-0.1, -0.05) is 6.92 Å². The molecule has 0 aliphatic rings. The van der Waals surface area contributed by atoms with Crippen LogP contribution in [0.4, 0.5) is 5.69 Å². The number of carbonyl (C=O) groups excluding carboxylic acids is 1. The van der Waals surface area contributed by atoms with E-state index < -0.39 is 0 Å². The van der Waals surface area contributed by atoms with Crippen LogP contribution in [0.15, 0.2) is 36.4 Å². The van der Waals surface area contributed by atoms with E-state index in [0.29, 0.717) is 23.3 Å². The summed E-state index contributed by atoms with van der Waals surface area (Å²) in [5.41, 5.74) is 4.42. The second kappa shape index (κ2) is 8.03. The zero-order chi connectivity index (χ0) is 19.4. The zero-order valence-electron chi connectivity index (χ0n) is 16.0. The van der Waals surface area contributed by atoms with Crippen LogP contribution in [0, 0.1) is 13.8 Å². The quantitative estimate of drug-likeness (QED) is 0.705. The van der Waals surface area contributed by atoms with Crippen molar-refractivity contribution in [3.05, 3.63) is 53.2 Å². The third-order valence-electron chi connectivity index (χ3n) is 4.25. The topological polar surface area (TPSA) is 73.3 Å². The lowest BCUT2D eigenvalue weighted by Gasteiger charge is -2.12. The molecule has 6 nitrogen and oxygen atoms in total. The summed E-state index contributed by atoms with van der Waals surface area (Å²) in [5.74, 6) is 0.605. The minimum absolute atomic E-state index is 0.176. The van der Waals surface area contributed by atoms with Crippen LogP contribution in [-0.4, -0.2) is 29.6 Å². The Kier molecular flexibility index (Phi) is 5.54. The van der Waals surface area contributed by atoms with Crippen molar-refractivity contribution in [2.75, 3.05) is 19.0 Å². The first-order valence-corrected chi connectivity index (χ1v) is 8.89. The van der Waals surface area contributed by atoms with E-state index in [9.17, 15) is 4.79 Å². The van der Waals surface area contributed by atoms with E-state index >= 15 is 0 Å². The van der Waals surface area contributed by atoms with Crippen molar-refractivity contribution in [2.24, 2.45) is 0 Å². The Balaban J connectivity index is 1.98. The number of nitrogens with zero attached hydrogens (tertiary/aromatic N) is 2. The monoisotopic (exact) mass is 365 g/mol. The van der Waals surface area contributed by atoms with E-state index in [2.05, 4.69) is 15.3 Å². The van der Waals surface area contributed by atoms with Crippen LogP contribution in [0.3, 0.4) is 0 Å². The molecule has 3 aromatic rings. The average Bonchev–Trinajstić information content (AvgIpc) is 2.67. The van der Waals surface area contributed by atoms with Crippen LogP contribution in [0.1, 0.15) is 35.0 Å². The lowest BCUT2D eigenvalue weighted by molar-refractivity contribution is 0.101. The summed E-state index contributed by atoms with van der Waals surface area (Å²) < 4.78 is 10.8. The SMILES string of the molecule is CCCOc1nc2cc(C)c(C)cc2nc1C(=O)Nc1ccc(OC)cc1. The highest BCUT2D eigenvalue weighted by atomic mass is 16.5. The maximum atomic E-state index is 12.8. The van der Waals surface area contributed by atoms with Crippen LogP contribution in [0.5, 0.6) is 11.6 Å². The molecule has 0 atom stereocenters. The normalized spacial score (nSPS) is 10.7. The number of carbonyl (C=O) groups is 1. The molecule has 0 aliphatic heterocycles. The van der Waals surface area contributed by atoms with Crippen LogP contribution in [-0.2, 0) is 0 Å². The first kappa shape index (κ1) is 18.6. The van der Waals surface area contributed by atoms with E-state index in [1.54, 1.807) is 31.4 Å². The number of benzene rings is 2. The molecule has 0 radical (unpaired) electrons. The molecule has 0 unspecified atom stereocenters. The summed E-state index contributed by atoms with van der Waals surface area (Å²) in [7, 11) is 1.60. The number of amides is 1. The van der Waals surface area contributed by atoms with Gasteiger partial charge in [0.2, 0.25) is 5.88 Å². The molecule has 0 saturated heterocycles. The van der Waals surface area contributed by atoms with Crippen LogP contribution >= 0.6 is 0 Å². The third kappa shape index (κ3) is 4.16. The standard InChI is InChI=1S/C21H23N3O3/c1-5-10-27-21-19(20(25)22-15-6-8-16(26-4)9-7-15)23-17-11-13(2)14(3)12-18(17)24-21/h6-9,11-12H,5,10H2,1-4H3,(H,22,25). The van der Waals surface area contributed by atoms with Gasteiger partial charge >= 0.3 is 0 Å². The molecule has 0 aliphatic carbocycles. The lowest BCUT2D eigenvalue weighted by atomic mass is 10.1. The van der Waals surface area contributed by atoms with Gasteiger partial charge in [0.25, 0.3) is 5.91 Å². The molecule has 3 rings (SSSR count). The number of aryl methyl sites for hydroxylation is 2. The van der Waals surface area contributed by atoms with Crippen LogP contribution in [0.25, 0.3) is 11.0 Å². The fourth-order valence-electron chi connectivity index (χ4n) is 2.61. The number of hydrogen-bond donors (Lipinski definition) is 1. The molecule has 0 fully saturated rings. The van der Waals surface area contributed by atoms with Gasteiger partial charge in [0.05, 0.1) is 24.8 Å². The summed E-state index contributed by atoms with van der Waals surface area (Å²) in [5, 5.41) is 2.84. The Morgan fingerprint density at radius 3 is 2.26 bits per heavy atom. The molecule has 27 heavy (non-hydrogen) atoms. The molecule has 2 aromatic carbocycles. The van der Waals surface area contributed by atoms with Gasteiger partial charge in [-0.05, 0) is 67.8 Å². The zero-order valence-corrected chi connectivity index (χ0v) is 16.0. The van der Waals surface area contributed by atoms with E-state index in [1.165, 1.54) is 0 Å². The Bertz CT molecular complexity index is 969. The van der Waals surface area contributed by atoms with E-state index in [0.717, 1.165) is 23.3 Å². The maximum Gasteiger partial charge on any atom is 0.279 e. The van der Waals surface area contributed by atoms with Gasteiger partial charge in [0, 0.05) is 5.69 Å². The summed E-state index contributed by atoms with van der Waals surface area (Å²) in [4.78, 5) is 21.9. The van der Waals surface area contributed by atoms with Gasteiger partial charge in [0.1, 0.15) is 5.75 Å². The van der Waals surface area contributed by atoms with Gasteiger partial charge in [-0.2, -0.15) is 0 Å². The lowest BCUT2D eigenvalue weighted by Crippen LogP contribution is -2.17. The smallest absolute Gasteiger partial charge is 0.279 e. The van der Waals surface area contributed by atoms with Crippen molar-refractivity contribution in [1.29, 1.82) is 0 Å². The van der Waals surface area contributed by atoms with Gasteiger partial charge in [0.15, 0.2) is 5.69 Å². The summed E-state index contributed by atoms with van der Waals surface area (Å²) in [6.07, 6.45) is 0.812. The summed E-state index contributed by atoms with van der Waals surface area (Å²) >= 11 is 0. The molecule has 0 spiro atoms. The average molecular weight is 365 g/mol. The predicted molar refractivity (Wildman–Crippen MR) is 106 cm³/mol. The predicted octanol–water partition coefficient (Wildman–Crippen LogP) is 4.30. The highest BCUT2D eigenvalue weighted by Gasteiger charge is 2.19. The Hall–Kier alpha value is -3.15. The molecule has 1 aromatic heterocycles. The Labute approximate surface area is 158 Å². The van der Waals surface area contributed by atoms with Gasteiger partial charge in [-0.3, -0.25) is 4.79 Å². The molecular formula is C21H23N3O3. The largest absolute Gasteiger partial charge is 0.497 e. The number of anilines is 1. The van der Waals surface area contributed by atoms with E-state index in [1.807, 2.05) is 32.9 Å². The minimum atomic E-state index is -0.362. The summed E-state index contributed by atoms with van der Waals surface area (Å²) in [6.45, 7) is 6.50. The number of rotatable bonds is 6. The number of ether oxygens (including phenoxy) is 2. The van der Waals surface area contributed by atoms with Crippen molar-refractivity contribution in [3.63, 3.8) is 0 Å². The molecular weight excluding hydrogens is 342 g/mol. The molecule has 140 valence electrons. The molecule has 0 saturated carbocycles. The number of methoxy groups -OCH3 is 1. The first-order chi connectivity index (χ1) is 13.0. The molecule has 1 N–H and O–H groups in total. The number of nitrogens with one attached hydrogen (secondary N) is 1. The molecule has 1 heterocycles. The molecule has 6 heteroatoms. The Morgan fingerprint density at radius 1 is 1.04 bits per heavy atom. The fraction of sp³-hybridized carbons (Fsp3) is 0.286. The first-order valence-electron chi connectivity index (χ1n) is 8.89. The molecule has 0 bridgehead atoms. The van der Waals surface area contributed by atoms with Crippen LogP contribution < -0.4 is 14.8 Å². The van der Waals surface area contributed by atoms with E-state index in [-0.39, 0.29) is 17.5 Å². The highest BCUT2D eigenvalue weighted by Crippen LogP contribution is 2.23. The highest BCUT2D eigenvalue weighted by molar-refractivity contribution is 6.05. The molecule has 1 amide bonds. The van der Waals surface area contributed by atoms with Gasteiger partial charge in [-0.25, -0.2) is 9.97 Å². The van der Waals surface area contributed by atoms with Crippen molar-refractivity contribution < 1.29 is 14.3 Å². The third-order valence-corrected chi connectivity index (χ3v) is 4.25. The maximum absolute atomic E-state index is 12.8. The second-order valence-electron chi connectivity index (χ2n) is 6.33. The number of hydrogen-bond acceptors (Lipinski definition) is 5. The van der Waals surface area contributed by atoms with E-state index in [4.69, 9.17) is 9.47 Å². The second-order valence-corrected chi connectivity index (χ2v) is 6.33. The van der Waals surface area contributed by atoms with Crippen molar-refractivity contribution in [2.45, 2.75) is 27.2 Å². The number of aromatic nitrogens is 2. The van der Waals surface area contributed by atoms with Gasteiger partial charge < -0.3 is 14.8 Å². The van der Waals surface area contributed by atoms with Crippen LogP contribution in [0.2, 0.25) is 0 Å². The summed E-state index contributed by atoms with van der Waals surface area (Å²) in [6, 6.07) is 11.0. The van der Waals surface area contributed by atoms with Gasteiger partial charge in [-0.15, -0.1) is 0 Å². The number of fused-ring (bicyclic) bond motifs is 1. The minimum Gasteiger partial charge on any atom is -0.497 e. The Morgan fingerprint density at radius 2 is 1.67 bits per heavy atom.